The molecule has 0 spiro atoms. The lowest BCUT2D eigenvalue weighted by atomic mass is 10.1. The Bertz CT molecular complexity index is 1380. The van der Waals surface area contributed by atoms with Gasteiger partial charge in [-0.25, -0.2) is 0 Å². The van der Waals surface area contributed by atoms with E-state index in [4.69, 9.17) is 4.74 Å². The lowest BCUT2D eigenvalue weighted by Crippen LogP contribution is -2.42. The Morgan fingerprint density at radius 1 is 0.946 bits per heavy atom. The highest BCUT2D eigenvalue weighted by molar-refractivity contribution is 14.1. The molecular formula is C29H27IN2O4S. The highest BCUT2D eigenvalue weighted by Crippen LogP contribution is 2.33. The summed E-state index contributed by atoms with van der Waals surface area (Å²) in [6.45, 7) is 1.64. The minimum Gasteiger partial charge on any atom is -0.488 e. The number of imide groups is 1. The molecule has 0 saturated carbocycles. The number of likely N-dealkylation sites (tertiary alicyclic amines) is 1. The molecule has 37 heavy (non-hydrogen) atoms. The van der Waals surface area contributed by atoms with Crippen LogP contribution in [0.25, 0.3) is 16.8 Å². The molecule has 2 fully saturated rings. The monoisotopic (exact) mass is 626 g/mol. The van der Waals surface area contributed by atoms with Crippen molar-refractivity contribution < 1.29 is 19.1 Å². The highest BCUT2D eigenvalue weighted by atomic mass is 127. The van der Waals surface area contributed by atoms with Crippen molar-refractivity contribution in [3.8, 4) is 5.75 Å². The number of carbonyl (C=O) groups excluding carboxylic acids is 3. The van der Waals surface area contributed by atoms with E-state index in [2.05, 4.69) is 52.9 Å². The Kier molecular flexibility index (Phi) is 8.14. The molecule has 3 aromatic rings. The van der Waals surface area contributed by atoms with Crippen LogP contribution in [-0.2, 0) is 16.2 Å². The van der Waals surface area contributed by atoms with E-state index >= 15 is 0 Å². The zero-order valence-electron chi connectivity index (χ0n) is 20.3. The molecule has 2 aliphatic rings. The number of nitrogens with zero attached hydrogens (tertiary/aromatic N) is 2. The molecule has 3 aromatic carbocycles. The third-order valence-corrected chi connectivity index (χ3v) is 8.34. The molecule has 0 radical (unpaired) electrons. The summed E-state index contributed by atoms with van der Waals surface area (Å²) >= 11 is 3.10. The van der Waals surface area contributed by atoms with Crippen molar-refractivity contribution in [2.45, 2.75) is 32.3 Å². The number of fused-ring (bicyclic) bond motifs is 1. The SMILES string of the molecule is O=C(CN1C(=O)SC(=Cc2ccc(OCc3ccc4ccccc4c3)c(I)c2)C1=O)N1CCCCCC1. The fourth-order valence-electron chi connectivity index (χ4n) is 4.56. The summed E-state index contributed by atoms with van der Waals surface area (Å²) in [6.07, 6.45) is 5.86. The molecule has 0 atom stereocenters. The number of benzene rings is 3. The molecule has 0 N–H and O–H groups in total. The van der Waals surface area contributed by atoms with Crippen LogP contribution in [0.5, 0.6) is 5.75 Å². The summed E-state index contributed by atoms with van der Waals surface area (Å²) < 4.78 is 6.96. The number of amides is 3. The lowest BCUT2D eigenvalue weighted by molar-refractivity contribution is -0.135. The Morgan fingerprint density at radius 2 is 1.70 bits per heavy atom. The van der Waals surface area contributed by atoms with Gasteiger partial charge in [-0.2, -0.15) is 0 Å². The van der Waals surface area contributed by atoms with E-state index in [0.717, 1.165) is 62.8 Å². The zero-order chi connectivity index (χ0) is 25.8. The Morgan fingerprint density at radius 3 is 2.46 bits per heavy atom. The molecule has 2 heterocycles. The van der Waals surface area contributed by atoms with Crippen LogP contribution in [0.2, 0.25) is 0 Å². The van der Waals surface area contributed by atoms with Crippen molar-refractivity contribution in [1.82, 2.24) is 9.80 Å². The molecule has 0 unspecified atom stereocenters. The number of thioether (sulfide) groups is 1. The fraction of sp³-hybridized carbons (Fsp3) is 0.276. The number of hydrogen-bond donors (Lipinski definition) is 0. The number of rotatable bonds is 6. The van der Waals surface area contributed by atoms with E-state index in [1.807, 2.05) is 30.3 Å². The number of hydrogen-bond acceptors (Lipinski definition) is 5. The maximum Gasteiger partial charge on any atom is 0.294 e. The second kappa shape index (κ2) is 11.7. The Hall–Kier alpha value is -2.85. The smallest absolute Gasteiger partial charge is 0.294 e. The van der Waals surface area contributed by atoms with Crippen molar-refractivity contribution in [2.75, 3.05) is 19.6 Å². The second-order valence-corrected chi connectivity index (χ2v) is 11.4. The summed E-state index contributed by atoms with van der Waals surface area (Å²) in [7, 11) is 0. The van der Waals surface area contributed by atoms with Gasteiger partial charge in [-0.1, -0.05) is 55.3 Å². The van der Waals surface area contributed by atoms with Gasteiger partial charge in [0.05, 0.1) is 8.48 Å². The number of carbonyl (C=O) groups is 3. The van der Waals surface area contributed by atoms with E-state index in [1.54, 1.807) is 11.0 Å². The van der Waals surface area contributed by atoms with Crippen LogP contribution >= 0.6 is 34.4 Å². The predicted octanol–water partition coefficient (Wildman–Crippen LogP) is 6.46. The topological polar surface area (TPSA) is 66.9 Å². The molecule has 8 heteroatoms. The average Bonchev–Trinajstić information content (AvgIpc) is 3.08. The molecule has 0 bridgehead atoms. The molecular weight excluding hydrogens is 599 g/mol. The maximum atomic E-state index is 12.9. The van der Waals surface area contributed by atoms with Gasteiger partial charge < -0.3 is 9.64 Å². The van der Waals surface area contributed by atoms with Gasteiger partial charge in [0, 0.05) is 13.1 Å². The molecule has 6 nitrogen and oxygen atoms in total. The van der Waals surface area contributed by atoms with Crippen molar-refractivity contribution in [3.05, 3.63) is 80.3 Å². The zero-order valence-corrected chi connectivity index (χ0v) is 23.3. The van der Waals surface area contributed by atoms with Gasteiger partial charge in [-0.05, 0) is 93.4 Å². The fourth-order valence-corrected chi connectivity index (χ4v) is 6.09. The van der Waals surface area contributed by atoms with E-state index in [0.29, 0.717) is 24.6 Å². The van der Waals surface area contributed by atoms with Crippen molar-refractivity contribution in [2.24, 2.45) is 0 Å². The van der Waals surface area contributed by atoms with Crippen molar-refractivity contribution in [3.63, 3.8) is 0 Å². The normalized spacial score (nSPS) is 17.5. The molecule has 3 amide bonds. The van der Waals surface area contributed by atoms with Crippen LogP contribution in [0.4, 0.5) is 4.79 Å². The van der Waals surface area contributed by atoms with E-state index in [9.17, 15) is 14.4 Å². The van der Waals surface area contributed by atoms with Gasteiger partial charge in [0.1, 0.15) is 18.9 Å². The number of halogens is 1. The second-order valence-electron chi connectivity index (χ2n) is 9.22. The van der Waals surface area contributed by atoms with Gasteiger partial charge in [0.25, 0.3) is 11.1 Å². The maximum absolute atomic E-state index is 12.9. The van der Waals surface area contributed by atoms with Gasteiger partial charge in [0.2, 0.25) is 5.91 Å². The predicted molar refractivity (Wildman–Crippen MR) is 155 cm³/mol. The minimum atomic E-state index is -0.412. The molecule has 0 aromatic heterocycles. The summed E-state index contributed by atoms with van der Waals surface area (Å²) in [4.78, 5) is 41.3. The average molecular weight is 627 g/mol. The molecule has 2 saturated heterocycles. The van der Waals surface area contributed by atoms with E-state index < -0.39 is 11.1 Å². The van der Waals surface area contributed by atoms with Crippen LogP contribution in [0.3, 0.4) is 0 Å². The first-order valence-corrected chi connectivity index (χ1v) is 14.3. The molecule has 2 aliphatic heterocycles. The summed E-state index contributed by atoms with van der Waals surface area (Å²) in [5.41, 5.74) is 1.88. The first kappa shape index (κ1) is 25.8. The third-order valence-electron chi connectivity index (χ3n) is 6.59. The van der Waals surface area contributed by atoms with E-state index in [1.165, 1.54) is 10.8 Å². The van der Waals surface area contributed by atoms with Crippen LogP contribution in [0, 0.1) is 3.57 Å². The lowest BCUT2D eigenvalue weighted by Gasteiger charge is -2.22. The van der Waals surface area contributed by atoms with Crippen LogP contribution in [0.15, 0.2) is 65.6 Å². The van der Waals surface area contributed by atoms with Crippen LogP contribution in [-0.4, -0.2) is 46.5 Å². The van der Waals surface area contributed by atoms with Gasteiger partial charge in [0.15, 0.2) is 0 Å². The third kappa shape index (κ3) is 6.18. The quantitative estimate of drug-likeness (QED) is 0.232. The standard InChI is InChI=1S/C29H27IN2O4S/c30-24-16-20(10-12-25(24)36-19-21-9-11-22-7-3-4-8-23(22)15-21)17-26-28(34)32(29(35)37-26)18-27(33)31-13-5-1-2-6-14-31/h3-4,7-12,15-17H,1-2,5-6,13-14,18-19H2. The highest BCUT2D eigenvalue weighted by Gasteiger charge is 2.37. The molecule has 0 aliphatic carbocycles. The van der Waals surface area contributed by atoms with Crippen LogP contribution in [0.1, 0.15) is 36.8 Å². The molecule has 190 valence electrons. The minimum absolute atomic E-state index is 0.159. The Balaban J connectivity index is 1.23. The summed E-state index contributed by atoms with van der Waals surface area (Å²) in [5.74, 6) is 0.180. The summed E-state index contributed by atoms with van der Waals surface area (Å²) in [6, 6.07) is 20.2. The van der Waals surface area contributed by atoms with Crippen molar-refractivity contribution >= 4 is 68.3 Å². The van der Waals surface area contributed by atoms with Crippen molar-refractivity contribution in [1.29, 1.82) is 0 Å². The van der Waals surface area contributed by atoms with Gasteiger partial charge in [-0.15, -0.1) is 0 Å². The van der Waals surface area contributed by atoms with E-state index in [-0.39, 0.29) is 12.5 Å². The number of ether oxygens (including phenoxy) is 1. The van der Waals surface area contributed by atoms with Crippen LogP contribution < -0.4 is 4.74 Å². The van der Waals surface area contributed by atoms with Gasteiger partial charge in [-0.3, -0.25) is 19.3 Å². The Labute approximate surface area is 234 Å². The summed E-state index contributed by atoms with van der Waals surface area (Å²) in [5, 5.41) is 1.97. The first-order valence-electron chi connectivity index (χ1n) is 12.4. The first-order chi connectivity index (χ1) is 18.0. The molecule has 5 rings (SSSR count). The van der Waals surface area contributed by atoms with Gasteiger partial charge >= 0.3 is 0 Å². The largest absolute Gasteiger partial charge is 0.488 e.